The minimum Gasteiger partial charge on any atom is -0.382 e. The number of ether oxygens (including phenoxy) is 2. The van der Waals surface area contributed by atoms with Gasteiger partial charge in [-0.3, -0.25) is 0 Å². The van der Waals surface area contributed by atoms with Crippen LogP contribution in [0.15, 0.2) is 18.3 Å². The number of anilines is 1. The number of morpholine rings is 1. The summed E-state index contributed by atoms with van der Waals surface area (Å²) in [4.78, 5) is 6.51. The molecule has 1 aliphatic rings. The van der Waals surface area contributed by atoms with Crippen molar-refractivity contribution < 1.29 is 9.47 Å². The molecule has 1 aromatic heterocycles. The SMILES string of the molecule is C#Cc1cccnc1N1CCO[C@@H](COC)C1. The molecule has 0 aromatic carbocycles. The van der Waals surface area contributed by atoms with Gasteiger partial charge in [-0.15, -0.1) is 6.42 Å². The Bertz CT molecular complexity index is 412. The Morgan fingerprint density at radius 1 is 1.71 bits per heavy atom. The largest absolute Gasteiger partial charge is 0.382 e. The summed E-state index contributed by atoms with van der Waals surface area (Å²) in [7, 11) is 1.68. The van der Waals surface area contributed by atoms with Gasteiger partial charge in [-0.1, -0.05) is 5.92 Å². The highest BCUT2D eigenvalue weighted by molar-refractivity contribution is 5.55. The molecule has 1 fully saturated rings. The second-order valence-corrected chi connectivity index (χ2v) is 3.91. The summed E-state index contributed by atoms with van der Waals surface area (Å²) in [5, 5.41) is 0. The van der Waals surface area contributed by atoms with Gasteiger partial charge < -0.3 is 14.4 Å². The molecule has 0 aliphatic carbocycles. The fraction of sp³-hybridized carbons (Fsp3) is 0.462. The van der Waals surface area contributed by atoms with Crippen LogP contribution in [0.5, 0.6) is 0 Å². The van der Waals surface area contributed by atoms with Crippen molar-refractivity contribution in [2.45, 2.75) is 6.10 Å². The monoisotopic (exact) mass is 232 g/mol. The van der Waals surface area contributed by atoms with Crippen LogP contribution >= 0.6 is 0 Å². The zero-order chi connectivity index (χ0) is 12.1. The van der Waals surface area contributed by atoms with E-state index in [0.29, 0.717) is 13.2 Å². The molecule has 1 saturated heterocycles. The van der Waals surface area contributed by atoms with Crippen molar-refractivity contribution in [1.82, 2.24) is 4.98 Å². The van der Waals surface area contributed by atoms with E-state index in [0.717, 1.165) is 24.5 Å². The maximum atomic E-state index is 5.60. The van der Waals surface area contributed by atoms with Crippen molar-refractivity contribution in [3.8, 4) is 12.3 Å². The molecule has 1 aliphatic heterocycles. The molecule has 2 heterocycles. The lowest BCUT2D eigenvalue weighted by molar-refractivity contribution is -0.0102. The Morgan fingerprint density at radius 3 is 3.35 bits per heavy atom. The molecule has 4 heteroatoms. The minimum absolute atomic E-state index is 0.0846. The van der Waals surface area contributed by atoms with E-state index in [1.807, 2.05) is 12.1 Å². The van der Waals surface area contributed by atoms with Gasteiger partial charge in [0.1, 0.15) is 5.82 Å². The first-order valence-corrected chi connectivity index (χ1v) is 5.62. The second kappa shape index (κ2) is 5.67. The number of hydrogen-bond donors (Lipinski definition) is 0. The van der Waals surface area contributed by atoms with Gasteiger partial charge in [0.2, 0.25) is 0 Å². The van der Waals surface area contributed by atoms with Crippen molar-refractivity contribution in [2.75, 3.05) is 38.3 Å². The van der Waals surface area contributed by atoms with Gasteiger partial charge >= 0.3 is 0 Å². The van der Waals surface area contributed by atoms with Crippen LogP contribution in [0.1, 0.15) is 5.56 Å². The quantitative estimate of drug-likeness (QED) is 0.726. The van der Waals surface area contributed by atoms with E-state index < -0.39 is 0 Å². The van der Waals surface area contributed by atoms with Gasteiger partial charge in [-0.05, 0) is 12.1 Å². The summed E-state index contributed by atoms with van der Waals surface area (Å²) in [6.45, 7) is 2.84. The number of methoxy groups -OCH3 is 1. The lowest BCUT2D eigenvalue weighted by atomic mass is 10.2. The number of rotatable bonds is 3. The topological polar surface area (TPSA) is 34.6 Å². The molecular weight excluding hydrogens is 216 g/mol. The van der Waals surface area contributed by atoms with Crippen LogP contribution in [0.25, 0.3) is 0 Å². The molecule has 0 bridgehead atoms. The molecule has 4 nitrogen and oxygen atoms in total. The summed E-state index contributed by atoms with van der Waals surface area (Å²) < 4.78 is 10.7. The maximum Gasteiger partial charge on any atom is 0.144 e. The van der Waals surface area contributed by atoms with Gasteiger partial charge in [-0.2, -0.15) is 0 Å². The van der Waals surface area contributed by atoms with Crippen molar-refractivity contribution in [3.05, 3.63) is 23.9 Å². The Balaban J connectivity index is 2.14. The highest BCUT2D eigenvalue weighted by Gasteiger charge is 2.22. The summed E-state index contributed by atoms with van der Waals surface area (Å²) >= 11 is 0. The molecule has 0 N–H and O–H groups in total. The van der Waals surface area contributed by atoms with Crippen LogP contribution < -0.4 is 4.90 Å². The predicted octanol–water partition coefficient (Wildman–Crippen LogP) is 0.915. The summed E-state index contributed by atoms with van der Waals surface area (Å²) in [6, 6.07) is 3.76. The number of pyridine rings is 1. The number of terminal acetylenes is 1. The molecule has 0 radical (unpaired) electrons. The third kappa shape index (κ3) is 2.76. The summed E-state index contributed by atoms with van der Waals surface area (Å²) in [5.41, 5.74) is 0.825. The number of aromatic nitrogens is 1. The third-order valence-electron chi connectivity index (χ3n) is 2.73. The van der Waals surface area contributed by atoms with E-state index in [4.69, 9.17) is 15.9 Å². The van der Waals surface area contributed by atoms with Gasteiger partial charge in [0.15, 0.2) is 0 Å². The first-order chi connectivity index (χ1) is 8.35. The summed E-state index contributed by atoms with van der Waals surface area (Å²) in [6.07, 6.45) is 7.32. The lowest BCUT2D eigenvalue weighted by Crippen LogP contribution is -2.45. The molecule has 0 amide bonds. The van der Waals surface area contributed by atoms with Crippen molar-refractivity contribution >= 4 is 5.82 Å². The first-order valence-electron chi connectivity index (χ1n) is 5.62. The first kappa shape index (κ1) is 11.9. The Labute approximate surface area is 102 Å². The molecule has 0 saturated carbocycles. The van der Waals surface area contributed by atoms with E-state index in [1.54, 1.807) is 13.3 Å². The highest BCUT2D eigenvalue weighted by Crippen LogP contribution is 2.19. The van der Waals surface area contributed by atoms with Crippen LogP contribution in [0.2, 0.25) is 0 Å². The van der Waals surface area contributed by atoms with E-state index in [-0.39, 0.29) is 6.10 Å². The maximum absolute atomic E-state index is 5.60. The Hall–Kier alpha value is -1.57. The molecule has 1 atom stereocenters. The molecule has 1 aromatic rings. The van der Waals surface area contributed by atoms with Gasteiger partial charge in [0.05, 0.1) is 24.9 Å². The molecular formula is C13H16N2O2. The van der Waals surface area contributed by atoms with E-state index in [1.165, 1.54) is 0 Å². The second-order valence-electron chi connectivity index (χ2n) is 3.91. The number of hydrogen-bond acceptors (Lipinski definition) is 4. The van der Waals surface area contributed by atoms with Crippen LogP contribution in [0, 0.1) is 12.3 Å². The normalized spacial score (nSPS) is 20.0. The average Bonchev–Trinajstić information content (AvgIpc) is 2.39. The van der Waals surface area contributed by atoms with Crippen molar-refractivity contribution in [2.24, 2.45) is 0 Å². The highest BCUT2D eigenvalue weighted by atomic mass is 16.5. The van der Waals surface area contributed by atoms with Gasteiger partial charge in [-0.25, -0.2) is 4.98 Å². The average molecular weight is 232 g/mol. The van der Waals surface area contributed by atoms with E-state index in [9.17, 15) is 0 Å². The molecule has 2 rings (SSSR count). The van der Waals surface area contributed by atoms with Gasteiger partial charge in [0, 0.05) is 26.4 Å². The van der Waals surface area contributed by atoms with E-state index >= 15 is 0 Å². The smallest absolute Gasteiger partial charge is 0.144 e. The van der Waals surface area contributed by atoms with Crippen LogP contribution in [0.3, 0.4) is 0 Å². The third-order valence-corrected chi connectivity index (χ3v) is 2.73. The lowest BCUT2D eigenvalue weighted by Gasteiger charge is -2.33. The number of nitrogens with zero attached hydrogens (tertiary/aromatic N) is 2. The zero-order valence-electron chi connectivity index (χ0n) is 9.93. The molecule has 0 spiro atoms. The van der Waals surface area contributed by atoms with E-state index in [2.05, 4.69) is 15.8 Å². The van der Waals surface area contributed by atoms with Crippen LogP contribution in [-0.4, -0.2) is 44.5 Å². The van der Waals surface area contributed by atoms with Crippen LogP contribution in [-0.2, 0) is 9.47 Å². The Kier molecular flexibility index (Phi) is 3.97. The van der Waals surface area contributed by atoms with Crippen molar-refractivity contribution in [3.63, 3.8) is 0 Å². The molecule has 17 heavy (non-hydrogen) atoms. The fourth-order valence-corrected chi connectivity index (χ4v) is 1.96. The standard InChI is InChI=1S/C13H16N2O2/c1-3-11-5-4-6-14-13(11)15-7-8-17-12(9-15)10-16-2/h1,4-6,12H,7-10H2,2H3/t12-/m1/s1. The van der Waals surface area contributed by atoms with Crippen molar-refractivity contribution in [1.29, 1.82) is 0 Å². The van der Waals surface area contributed by atoms with Gasteiger partial charge in [0.25, 0.3) is 0 Å². The summed E-state index contributed by atoms with van der Waals surface area (Å²) in [5.74, 6) is 3.52. The van der Waals surface area contributed by atoms with Crippen LogP contribution in [0.4, 0.5) is 5.82 Å². The molecule has 0 unspecified atom stereocenters. The zero-order valence-corrected chi connectivity index (χ0v) is 9.93. The Morgan fingerprint density at radius 2 is 2.59 bits per heavy atom. The minimum atomic E-state index is 0.0846. The molecule has 90 valence electrons. The predicted molar refractivity (Wildman–Crippen MR) is 66.0 cm³/mol. The fourth-order valence-electron chi connectivity index (χ4n) is 1.96.